The van der Waals surface area contributed by atoms with Crippen molar-refractivity contribution in [3.63, 3.8) is 0 Å². The van der Waals surface area contributed by atoms with E-state index in [2.05, 4.69) is 15.5 Å². The van der Waals surface area contributed by atoms with Gasteiger partial charge >= 0.3 is 6.03 Å². The number of urea groups is 1. The molecule has 0 spiro atoms. The lowest BCUT2D eigenvalue weighted by atomic mass is 10.1. The van der Waals surface area contributed by atoms with Gasteiger partial charge in [0.05, 0.1) is 5.25 Å². The minimum absolute atomic E-state index is 0.0531. The molecule has 0 aliphatic rings. The number of nitrogens with one attached hydrogen (secondary N) is 1. The highest BCUT2D eigenvalue weighted by atomic mass is 32.2. The lowest BCUT2D eigenvalue weighted by Crippen LogP contribution is -2.42. The Labute approximate surface area is 151 Å². The van der Waals surface area contributed by atoms with Gasteiger partial charge in [0.25, 0.3) is 0 Å². The third-order valence-corrected chi connectivity index (χ3v) is 4.80. The van der Waals surface area contributed by atoms with Crippen molar-refractivity contribution < 1.29 is 14.4 Å². The Bertz CT molecular complexity index is 629. The van der Waals surface area contributed by atoms with Crippen molar-refractivity contribution >= 4 is 29.6 Å². The van der Waals surface area contributed by atoms with Gasteiger partial charge in [-0.15, -0.1) is 10.2 Å². The van der Waals surface area contributed by atoms with Crippen LogP contribution >= 0.6 is 11.8 Å². The molecule has 0 bridgehead atoms. The molecule has 4 amide bonds. The number of aryl methyl sites for hydroxylation is 1. The summed E-state index contributed by atoms with van der Waals surface area (Å²) in [4.78, 5) is 34.2. The van der Waals surface area contributed by atoms with E-state index in [4.69, 9.17) is 11.5 Å². The topological polar surface area (TPSA) is 146 Å². The minimum atomic E-state index is -0.887. The number of primary amides is 2. The predicted molar refractivity (Wildman–Crippen MR) is 94.6 cm³/mol. The fourth-order valence-electron chi connectivity index (χ4n) is 2.17. The lowest BCUT2D eigenvalue weighted by Gasteiger charge is -2.19. The summed E-state index contributed by atoms with van der Waals surface area (Å²) in [5, 5.41) is 10.4. The summed E-state index contributed by atoms with van der Waals surface area (Å²) < 4.78 is 1.89. The Kier molecular flexibility index (Phi) is 7.88. The van der Waals surface area contributed by atoms with Crippen LogP contribution < -0.4 is 16.8 Å². The molecule has 10 heteroatoms. The monoisotopic (exact) mass is 370 g/mol. The molecule has 0 fully saturated rings. The van der Waals surface area contributed by atoms with E-state index in [1.165, 1.54) is 11.8 Å². The van der Waals surface area contributed by atoms with Crippen LogP contribution in [0.15, 0.2) is 5.16 Å². The molecule has 25 heavy (non-hydrogen) atoms. The molecule has 0 aromatic carbocycles. The Morgan fingerprint density at radius 2 is 1.80 bits per heavy atom. The first-order chi connectivity index (χ1) is 11.6. The molecular formula is C15H26N6O3S. The number of thioether (sulfide) groups is 1. The molecule has 0 saturated heterocycles. The summed E-state index contributed by atoms with van der Waals surface area (Å²) >= 11 is 1.22. The van der Waals surface area contributed by atoms with Gasteiger partial charge in [0.2, 0.25) is 11.8 Å². The fraction of sp³-hybridized carbons (Fsp3) is 0.667. The van der Waals surface area contributed by atoms with Crippen LogP contribution in [0.5, 0.6) is 0 Å². The number of rotatable bonds is 9. The summed E-state index contributed by atoms with van der Waals surface area (Å²) in [6.07, 6.45) is 0.562. The van der Waals surface area contributed by atoms with E-state index in [0.29, 0.717) is 29.9 Å². The van der Waals surface area contributed by atoms with Crippen LogP contribution in [-0.4, -0.2) is 37.9 Å². The molecule has 9 nitrogen and oxygen atoms in total. The van der Waals surface area contributed by atoms with Crippen molar-refractivity contribution in [1.29, 1.82) is 0 Å². The Balaban J connectivity index is 3.06. The molecule has 0 aliphatic carbocycles. The summed E-state index contributed by atoms with van der Waals surface area (Å²) in [5.41, 5.74) is 10.2. The van der Waals surface area contributed by atoms with Crippen molar-refractivity contribution in [2.24, 2.45) is 23.3 Å². The average Bonchev–Trinajstić information content (AvgIpc) is 2.82. The normalized spacial score (nSPS) is 12.4. The standard InChI is InChI=1S/C15H26N6O3S/c1-8(2)7-21-11(6-5-10(16)22)19-20-15(21)25-12(9(3)4)13(23)18-14(17)24/h8-9,12H,5-7H2,1-4H3,(H2,16,22)(H3,17,18,23,24)/t12-/m0/s1. The number of hydrogen-bond donors (Lipinski definition) is 3. The second-order valence-corrected chi connectivity index (χ2v) is 7.61. The number of aromatic nitrogens is 3. The molecule has 5 N–H and O–H groups in total. The van der Waals surface area contributed by atoms with Crippen LogP contribution in [0, 0.1) is 11.8 Å². The summed E-state index contributed by atoms with van der Waals surface area (Å²) in [6.45, 7) is 8.48. The number of amides is 4. The van der Waals surface area contributed by atoms with Crippen molar-refractivity contribution in [1.82, 2.24) is 20.1 Å². The van der Waals surface area contributed by atoms with Gasteiger partial charge in [-0.1, -0.05) is 39.5 Å². The fourth-order valence-corrected chi connectivity index (χ4v) is 3.23. The zero-order valence-electron chi connectivity index (χ0n) is 15.0. The van der Waals surface area contributed by atoms with Crippen LogP contribution in [0.25, 0.3) is 0 Å². The molecule has 1 atom stereocenters. The van der Waals surface area contributed by atoms with E-state index in [1.54, 1.807) is 0 Å². The highest BCUT2D eigenvalue weighted by Crippen LogP contribution is 2.28. The van der Waals surface area contributed by atoms with E-state index >= 15 is 0 Å². The zero-order valence-corrected chi connectivity index (χ0v) is 15.8. The van der Waals surface area contributed by atoms with E-state index in [-0.39, 0.29) is 12.3 Å². The largest absolute Gasteiger partial charge is 0.370 e. The van der Waals surface area contributed by atoms with Crippen molar-refractivity contribution in [2.75, 3.05) is 0 Å². The molecule has 0 aliphatic heterocycles. The Morgan fingerprint density at radius 3 is 2.28 bits per heavy atom. The molecule has 0 radical (unpaired) electrons. The molecule has 140 valence electrons. The number of hydrogen-bond acceptors (Lipinski definition) is 6. The van der Waals surface area contributed by atoms with E-state index < -0.39 is 23.1 Å². The SMILES string of the molecule is CC(C)Cn1c(CCC(N)=O)nnc1S[C@H](C(=O)NC(N)=O)C(C)C. The van der Waals surface area contributed by atoms with Crippen LogP contribution in [-0.2, 0) is 22.6 Å². The van der Waals surface area contributed by atoms with Crippen molar-refractivity contribution in [3.8, 4) is 0 Å². The van der Waals surface area contributed by atoms with Crippen LogP contribution in [0.4, 0.5) is 4.79 Å². The average molecular weight is 370 g/mol. The quantitative estimate of drug-likeness (QED) is 0.544. The van der Waals surface area contributed by atoms with Crippen LogP contribution in [0.1, 0.15) is 39.9 Å². The second kappa shape index (κ2) is 9.40. The molecule has 0 unspecified atom stereocenters. The van der Waals surface area contributed by atoms with Gasteiger partial charge in [-0.2, -0.15) is 0 Å². The maximum atomic E-state index is 12.2. The Morgan fingerprint density at radius 1 is 1.16 bits per heavy atom. The number of nitrogens with zero attached hydrogens (tertiary/aromatic N) is 3. The van der Waals surface area contributed by atoms with Gasteiger partial charge in [0.1, 0.15) is 5.82 Å². The highest BCUT2D eigenvalue weighted by Gasteiger charge is 2.27. The first-order valence-corrected chi connectivity index (χ1v) is 8.97. The maximum Gasteiger partial charge on any atom is 0.318 e. The summed E-state index contributed by atoms with van der Waals surface area (Å²) in [5.74, 6) is 0.0366. The number of carbonyl (C=O) groups is 3. The van der Waals surface area contributed by atoms with Crippen LogP contribution in [0.2, 0.25) is 0 Å². The van der Waals surface area contributed by atoms with Gasteiger partial charge in [0.15, 0.2) is 5.16 Å². The highest BCUT2D eigenvalue weighted by molar-refractivity contribution is 8.00. The molecule has 1 heterocycles. The van der Waals surface area contributed by atoms with E-state index in [0.717, 1.165) is 0 Å². The predicted octanol–water partition coefficient (Wildman–Crippen LogP) is 0.664. The van der Waals surface area contributed by atoms with Gasteiger partial charge in [0, 0.05) is 19.4 Å². The van der Waals surface area contributed by atoms with Crippen molar-refractivity contribution in [3.05, 3.63) is 5.82 Å². The number of nitrogens with two attached hydrogens (primary N) is 2. The first-order valence-electron chi connectivity index (χ1n) is 8.09. The van der Waals surface area contributed by atoms with E-state index in [1.807, 2.05) is 32.3 Å². The lowest BCUT2D eigenvalue weighted by molar-refractivity contribution is -0.120. The first kappa shape index (κ1) is 20.9. The van der Waals surface area contributed by atoms with Gasteiger partial charge in [-0.3, -0.25) is 14.9 Å². The number of imide groups is 1. The second-order valence-electron chi connectivity index (χ2n) is 6.51. The smallest absolute Gasteiger partial charge is 0.318 e. The number of carbonyl (C=O) groups excluding carboxylic acids is 3. The third kappa shape index (κ3) is 6.73. The van der Waals surface area contributed by atoms with Crippen LogP contribution in [0.3, 0.4) is 0 Å². The molecule has 1 rings (SSSR count). The molecule has 1 aromatic heterocycles. The molecular weight excluding hydrogens is 344 g/mol. The van der Waals surface area contributed by atoms with E-state index in [9.17, 15) is 14.4 Å². The summed E-state index contributed by atoms with van der Waals surface area (Å²) in [6, 6.07) is -0.887. The van der Waals surface area contributed by atoms with Crippen molar-refractivity contribution in [2.45, 2.75) is 57.5 Å². The van der Waals surface area contributed by atoms with Gasteiger partial charge in [-0.05, 0) is 11.8 Å². The Hall–Kier alpha value is -2.10. The summed E-state index contributed by atoms with van der Waals surface area (Å²) in [7, 11) is 0. The molecule has 0 saturated carbocycles. The minimum Gasteiger partial charge on any atom is -0.370 e. The third-order valence-electron chi connectivity index (χ3n) is 3.28. The van der Waals surface area contributed by atoms with Gasteiger partial charge < -0.3 is 16.0 Å². The maximum absolute atomic E-state index is 12.2. The molecule has 1 aromatic rings. The van der Waals surface area contributed by atoms with Gasteiger partial charge in [-0.25, -0.2) is 4.79 Å². The zero-order chi connectivity index (χ0) is 19.1.